The van der Waals surface area contributed by atoms with Gasteiger partial charge in [0.2, 0.25) is 0 Å². The molecule has 0 unspecified atom stereocenters. The van der Waals surface area contributed by atoms with E-state index in [4.69, 9.17) is 5.11 Å². The summed E-state index contributed by atoms with van der Waals surface area (Å²) in [5, 5.41) is 8.21. The van der Waals surface area contributed by atoms with Crippen molar-refractivity contribution in [3.05, 3.63) is 0 Å². The predicted molar refractivity (Wildman–Crippen MR) is 46.3 cm³/mol. The van der Waals surface area contributed by atoms with Crippen LogP contribution in [0.3, 0.4) is 0 Å². The Hall–Kier alpha value is 0.00247. The zero-order valence-corrected chi connectivity index (χ0v) is 5.89. The molecule has 0 aromatic rings. The minimum absolute atomic E-state index is 0. The van der Waals surface area contributed by atoms with Crippen molar-refractivity contribution in [2.24, 2.45) is 0 Å². The molecular weight excluding hydrogens is 143 g/mol. The second kappa shape index (κ2) is 9.00. The minimum atomic E-state index is -0.675. The summed E-state index contributed by atoms with van der Waals surface area (Å²) >= 11 is 0. The van der Waals surface area contributed by atoms with E-state index in [0.29, 0.717) is 6.42 Å². The molecule has 0 aromatic carbocycles. The van der Waals surface area contributed by atoms with Crippen LogP contribution in [0, 0.1) is 0 Å². The van der Waals surface area contributed by atoms with Gasteiger partial charge in [-0.05, 0) is 6.42 Å². The molecule has 0 rings (SSSR count). The lowest BCUT2D eigenvalue weighted by atomic mass is 10.2. The molecule has 1 N–H and O–H groups in total. The molecule has 0 aliphatic heterocycles. The molecule has 0 amide bonds. The third kappa shape index (κ3) is 10.9. The van der Waals surface area contributed by atoms with Crippen molar-refractivity contribution in [2.45, 2.75) is 39.0 Å². The van der Waals surface area contributed by atoms with Gasteiger partial charge in [-0.2, -0.15) is 0 Å². The van der Waals surface area contributed by atoms with E-state index >= 15 is 0 Å². The molecule has 0 saturated carbocycles. The fourth-order valence-corrected chi connectivity index (χ4v) is 0.703. The highest BCUT2D eigenvalue weighted by atomic mass is 27.0. The lowest BCUT2D eigenvalue weighted by molar-refractivity contribution is -0.137. The van der Waals surface area contributed by atoms with Crippen molar-refractivity contribution in [3.8, 4) is 0 Å². The molecule has 0 radical (unpaired) electrons. The van der Waals surface area contributed by atoms with Gasteiger partial charge in [-0.3, -0.25) is 4.79 Å². The molecule has 0 fully saturated rings. The van der Waals surface area contributed by atoms with E-state index in [0.717, 1.165) is 19.3 Å². The van der Waals surface area contributed by atoms with Crippen LogP contribution >= 0.6 is 0 Å². The van der Waals surface area contributed by atoms with E-state index in [9.17, 15) is 4.79 Å². The monoisotopic (exact) mass is 160 g/mol. The second-order valence-corrected chi connectivity index (χ2v) is 2.20. The molecule has 2 nitrogen and oxygen atoms in total. The Morgan fingerprint density at radius 1 is 1.30 bits per heavy atom. The minimum Gasteiger partial charge on any atom is -0.481 e. The van der Waals surface area contributed by atoms with Gasteiger partial charge in [0.05, 0.1) is 0 Å². The molecular formula is C7H17AlO2. The number of carbonyl (C=O) groups is 1. The van der Waals surface area contributed by atoms with E-state index in [-0.39, 0.29) is 17.4 Å². The van der Waals surface area contributed by atoms with Crippen LogP contribution in [0.1, 0.15) is 39.0 Å². The molecule has 0 bridgehead atoms. The van der Waals surface area contributed by atoms with Crippen molar-refractivity contribution in [2.75, 3.05) is 0 Å². The Morgan fingerprint density at radius 3 is 2.30 bits per heavy atom. The maximum atomic E-state index is 9.96. The van der Waals surface area contributed by atoms with Gasteiger partial charge in [-0.15, -0.1) is 0 Å². The first-order valence-corrected chi connectivity index (χ1v) is 3.49. The molecule has 3 heteroatoms. The number of carboxylic acids is 1. The molecule has 0 saturated heterocycles. The second-order valence-electron chi connectivity index (χ2n) is 2.20. The van der Waals surface area contributed by atoms with Gasteiger partial charge >= 0.3 is 5.97 Å². The number of hydrogen-bond acceptors (Lipinski definition) is 1. The molecule has 0 aliphatic carbocycles. The normalized spacial score (nSPS) is 8.50. The van der Waals surface area contributed by atoms with Crippen molar-refractivity contribution in [1.29, 1.82) is 0 Å². The fraction of sp³-hybridized carbons (Fsp3) is 0.857. The summed E-state index contributed by atoms with van der Waals surface area (Å²) in [5.41, 5.74) is 0. The van der Waals surface area contributed by atoms with Crippen LogP contribution in [0.4, 0.5) is 0 Å². The van der Waals surface area contributed by atoms with Crippen LogP contribution in [-0.2, 0) is 4.79 Å². The van der Waals surface area contributed by atoms with Crippen LogP contribution < -0.4 is 0 Å². The summed E-state index contributed by atoms with van der Waals surface area (Å²) in [6.07, 6.45) is 4.55. The van der Waals surface area contributed by atoms with E-state index in [1.807, 2.05) is 0 Å². The van der Waals surface area contributed by atoms with Gasteiger partial charge in [0.1, 0.15) is 0 Å². The van der Waals surface area contributed by atoms with E-state index < -0.39 is 5.97 Å². The van der Waals surface area contributed by atoms with Gasteiger partial charge in [-0.25, -0.2) is 0 Å². The topological polar surface area (TPSA) is 37.3 Å². The molecule has 0 heterocycles. The number of rotatable bonds is 5. The highest BCUT2D eigenvalue weighted by molar-refractivity contribution is 5.75. The quantitative estimate of drug-likeness (QED) is 0.478. The number of unbranched alkanes of at least 4 members (excludes halogenated alkanes) is 3. The first-order chi connectivity index (χ1) is 4.27. The Labute approximate surface area is 72.8 Å². The van der Waals surface area contributed by atoms with Gasteiger partial charge in [0.15, 0.2) is 17.4 Å². The van der Waals surface area contributed by atoms with Crippen molar-refractivity contribution in [1.82, 2.24) is 0 Å². The summed E-state index contributed by atoms with van der Waals surface area (Å²) in [6, 6.07) is 0. The summed E-state index contributed by atoms with van der Waals surface area (Å²) in [6.45, 7) is 2.11. The summed E-state index contributed by atoms with van der Waals surface area (Å²) in [7, 11) is 0. The van der Waals surface area contributed by atoms with Gasteiger partial charge in [0, 0.05) is 6.42 Å². The van der Waals surface area contributed by atoms with E-state index in [2.05, 4.69) is 6.92 Å². The first-order valence-electron chi connectivity index (χ1n) is 3.49. The van der Waals surface area contributed by atoms with Crippen LogP contribution in [0.25, 0.3) is 0 Å². The lowest BCUT2D eigenvalue weighted by Crippen LogP contribution is -1.92. The average molecular weight is 160 g/mol. The van der Waals surface area contributed by atoms with Gasteiger partial charge < -0.3 is 5.11 Å². The maximum absolute atomic E-state index is 9.96. The van der Waals surface area contributed by atoms with Crippen LogP contribution in [0.15, 0.2) is 0 Å². The van der Waals surface area contributed by atoms with Crippen LogP contribution in [0.5, 0.6) is 0 Å². The Kier molecular flexibility index (Phi) is 11.4. The zero-order chi connectivity index (χ0) is 7.11. The predicted octanol–water partition coefficient (Wildman–Crippen LogP) is 0.857. The SMILES string of the molecule is CCCCCCC(=O)O.[AlH3]. The molecule has 0 aliphatic rings. The van der Waals surface area contributed by atoms with Gasteiger partial charge in [-0.1, -0.05) is 26.2 Å². The molecule has 10 heavy (non-hydrogen) atoms. The molecule has 0 spiro atoms. The molecule has 0 aromatic heterocycles. The Morgan fingerprint density at radius 2 is 1.90 bits per heavy atom. The summed E-state index contributed by atoms with van der Waals surface area (Å²) < 4.78 is 0. The number of hydrogen-bond donors (Lipinski definition) is 1. The van der Waals surface area contributed by atoms with Crippen molar-refractivity contribution in [3.63, 3.8) is 0 Å². The van der Waals surface area contributed by atoms with Gasteiger partial charge in [0.25, 0.3) is 0 Å². The highest BCUT2D eigenvalue weighted by Crippen LogP contribution is 2.01. The fourth-order valence-electron chi connectivity index (χ4n) is 0.703. The Bertz CT molecular complexity index is 83.7. The highest BCUT2D eigenvalue weighted by Gasteiger charge is 1.93. The number of aliphatic carboxylic acids is 1. The Balaban J connectivity index is 0. The van der Waals surface area contributed by atoms with Crippen molar-refractivity contribution >= 4 is 23.3 Å². The lowest BCUT2D eigenvalue weighted by Gasteiger charge is -1.92. The third-order valence-corrected chi connectivity index (χ3v) is 1.24. The largest absolute Gasteiger partial charge is 0.481 e. The van der Waals surface area contributed by atoms with Crippen LogP contribution in [0.2, 0.25) is 0 Å². The van der Waals surface area contributed by atoms with E-state index in [1.165, 1.54) is 6.42 Å². The van der Waals surface area contributed by atoms with Crippen LogP contribution in [-0.4, -0.2) is 28.4 Å². The van der Waals surface area contributed by atoms with E-state index in [1.54, 1.807) is 0 Å². The number of carboxylic acid groups (broad SMARTS) is 1. The summed E-state index contributed by atoms with van der Waals surface area (Å²) in [4.78, 5) is 9.96. The molecule has 0 atom stereocenters. The molecule has 60 valence electrons. The summed E-state index contributed by atoms with van der Waals surface area (Å²) in [5.74, 6) is -0.675. The average Bonchev–Trinajstić information content (AvgIpc) is 1.80. The smallest absolute Gasteiger partial charge is 0.303 e. The van der Waals surface area contributed by atoms with Crippen molar-refractivity contribution < 1.29 is 9.90 Å². The zero-order valence-electron chi connectivity index (χ0n) is 5.89. The maximum Gasteiger partial charge on any atom is 0.303 e. The first kappa shape index (κ1) is 12.7. The standard InChI is InChI=1S/C7H14O2.Al.3H/c1-2-3-4-5-6-7(8)9;;;;/h2-6H2,1H3,(H,8,9);;;;. The third-order valence-electron chi connectivity index (χ3n) is 1.24.